The number of alkyl carbamates (subject to hydrolysis) is 1. The molecule has 2 heterocycles. The predicted octanol–water partition coefficient (Wildman–Crippen LogP) is 5.41. The van der Waals surface area contributed by atoms with Gasteiger partial charge in [0, 0.05) is 19.1 Å². The van der Waals surface area contributed by atoms with Crippen molar-refractivity contribution >= 4 is 24.0 Å². The van der Waals surface area contributed by atoms with Crippen molar-refractivity contribution in [2.24, 2.45) is 11.8 Å². The monoisotopic (exact) mass is 688 g/mol. The van der Waals surface area contributed by atoms with Gasteiger partial charge in [-0.1, -0.05) is 26.0 Å². The van der Waals surface area contributed by atoms with Crippen molar-refractivity contribution in [3.8, 4) is 5.75 Å². The van der Waals surface area contributed by atoms with Crippen LogP contribution in [-0.4, -0.2) is 78.7 Å². The van der Waals surface area contributed by atoms with E-state index in [2.05, 4.69) is 21.3 Å². The molecule has 0 aromatic heterocycles. The second kappa shape index (κ2) is 17.4. The maximum absolute atomic E-state index is 13.8. The molecule has 4 amide bonds. The Morgan fingerprint density at radius 3 is 2.20 bits per heavy atom. The zero-order valence-electron chi connectivity index (χ0n) is 31.0. The molecular formula is C37H60N4O8. The molecule has 1 aromatic rings. The third-order valence-corrected chi connectivity index (χ3v) is 8.56. The topological polar surface area (TPSA) is 153 Å². The molecule has 3 aliphatic rings. The summed E-state index contributed by atoms with van der Waals surface area (Å²) in [6.07, 6.45) is 3.78. The van der Waals surface area contributed by atoms with E-state index in [-0.39, 0.29) is 42.7 Å². The molecule has 276 valence electrons. The van der Waals surface area contributed by atoms with Crippen LogP contribution < -0.4 is 26.0 Å². The van der Waals surface area contributed by atoms with Crippen LogP contribution in [0.4, 0.5) is 9.59 Å². The van der Waals surface area contributed by atoms with E-state index in [0.717, 1.165) is 30.6 Å². The van der Waals surface area contributed by atoms with Crippen molar-refractivity contribution in [3.05, 3.63) is 29.8 Å². The minimum atomic E-state index is -1.41. The van der Waals surface area contributed by atoms with Crippen LogP contribution in [0.3, 0.4) is 0 Å². The quantitative estimate of drug-likeness (QED) is 0.278. The first-order valence-electron chi connectivity index (χ1n) is 17.7. The number of urea groups is 1. The molecule has 12 nitrogen and oxygen atoms in total. The van der Waals surface area contributed by atoms with Gasteiger partial charge in [0.25, 0.3) is 0 Å². The van der Waals surface area contributed by atoms with Gasteiger partial charge in [0.05, 0.1) is 19.3 Å². The normalized spacial score (nSPS) is 23.8. The van der Waals surface area contributed by atoms with Crippen molar-refractivity contribution in [1.29, 1.82) is 0 Å². The molecule has 4 rings (SSSR count). The number of fused-ring (bicyclic) bond motifs is 13. The highest BCUT2D eigenvalue weighted by Crippen LogP contribution is 2.34. The lowest BCUT2D eigenvalue weighted by Crippen LogP contribution is -2.61. The highest BCUT2D eigenvalue weighted by Gasteiger charge is 2.43. The van der Waals surface area contributed by atoms with Gasteiger partial charge in [-0.05, 0) is 117 Å². The van der Waals surface area contributed by atoms with Crippen molar-refractivity contribution < 1.29 is 38.1 Å². The summed E-state index contributed by atoms with van der Waals surface area (Å²) in [7, 11) is 0. The number of amides is 4. The minimum absolute atomic E-state index is 0.0104. The SMILES string of the molecule is CC(C)[C@H]1COCCCCOc2ccc(cc2)C[C@@H](NC(=O)N[C@@](C)(C[C@@H]2CC[C@@H](NC(=O)OC(C)(C)C)C2)C(=O)OC(C)(C)C)C(=O)N1. The van der Waals surface area contributed by atoms with Crippen LogP contribution in [0.25, 0.3) is 0 Å². The van der Waals surface area contributed by atoms with Gasteiger partial charge in [-0.3, -0.25) is 4.79 Å². The lowest BCUT2D eigenvalue weighted by atomic mass is 9.87. The largest absolute Gasteiger partial charge is 0.494 e. The predicted molar refractivity (Wildman–Crippen MR) is 187 cm³/mol. The summed E-state index contributed by atoms with van der Waals surface area (Å²) in [6, 6.07) is 5.50. The number of esters is 1. The smallest absolute Gasteiger partial charge is 0.407 e. The van der Waals surface area contributed by atoms with Crippen LogP contribution in [0, 0.1) is 11.8 Å². The van der Waals surface area contributed by atoms with E-state index >= 15 is 0 Å². The van der Waals surface area contributed by atoms with Gasteiger partial charge in [-0.2, -0.15) is 0 Å². The van der Waals surface area contributed by atoms with E-state index in [1.54, 1.807) is 27.7 Å². The van der Waals surface area contributed by atoms with Crippen LogP contribution in [0.2, 0.25) is 0 Å². The van der Waals surface area contributed by atoms with Gasteiger partial charge in [0.2, 0.25) is 5.91 Å². The molecule has 1 aliphatic carbocycles. The highest BCUT2D eigenvalue weighted by atomic mass is 16.6. The third kappa shape index (κ3) is 14.1. The summed E-state index contributed by atoms with van der Waals surface area (Å²) >= 11 is 0. The Balaban J connectivity index is 1.79. The second-order valence-corrected chi connectivity index (χ2v) is 16.0. The fourth-order valence-electron chi connectivity index (χ4n) is 6.02. The fraction of sp³-hybridized carbons (Fsp3) is 0.730. The first kappa shape index (κ1) is 39.9. The lowest BCUT2D eigenvalue weighted by molar-refractivity contribution is -0.162. The number of rotatable bonds is 7. The molecule has 0 saturated heterocycles. The fourth-order valence-corrected chi connectivity index (χ4v) is 6.02. The van der Waals surface area contributed by atoms with Gasteiger partial charge in [0.1, 0.15) is 28.5 Å². The van der Waals surface area contributed by atoms with E-state index in [1.807, 2.05) is 58.9 Å². The summed E-state index contributed by atoms with van der Waals surface area (Å²) in [5.74, 6) is -0.0944. The minimum Gasteiger partial charge on any atom is -0.494 e. The molecule has 0 unspecified atom stereocenters. The summed E-state index contributed by atoms with van der Waals surface area (Å²) < 4.78 is 23.0. The zero-order valence-corrected chi connectivity index (χ0v) is 31.0. The van der Waals surface area contributed by atoms with E-state index < -0.39 is 40.9 Å². The molecule has 1 saturated carbocycles. The molecule has 0 spiro atoms. The average Bonchev–Trinajstić information content (AvgIpc) is 3.39. The van der Waals surface area contributed by atoms with Crippen molar-refractivity contribution in [2.45, 2.75) is 142 Å². The summed E-state index contributed by atoms with van der Waals surface area (Å²) in [5, 5.41) is 11.8. The maximum Gasteiger partial charge on any atom is 0.407 e. The number of benzene rings is 1. The first-order chi connectivity index (χ1) is 22.8. The molecule has 1 fully saturated rings. The van der Waals surface area contributed by atoms with Crippen LogP contribution >= 0.6 is 0 Å². The van der Waals surface area contributed by atoms with Crippen LogP contribution in [0.15, 0.2) is 24.3 Å². The summed E-state index contributed by atoms with van der Waals surface area (Å²) in [4.78, 5) is 53.6. The molecule has 4 N–H and O–H groups in total. The van der Waals surface area contributed by atoms with Crippen LogP contribution in [-0.2, 0) is 30.2 Å². The second-order valence-electron chi connectivity index (χ2n) is 16.0. The molecule has 12 heteroatoms. The average molecular weight is 689 g/mol. The number of carbonyl (C=O) groups excluding carboxylic acids is 4. The molecular weight excluding hydrogens is 628 g/mol. The number of hydrogen-bond acceptors (Lipinski definition) is 8. The molecule has 49 heavy (non-hydrogen) atoms. The standard InChI is InChI=1S/C37H60N4O8/c1-24(2)30-23-46-18-10-11-19-47-28-16-13-25(14-17-28)21-29(31(42)39-30)40-33(44)41-37(9,32(43)48-35(3,4)5)22-26-12-15-27(20-26)38-34(45)49-36(6,7)8/h13-14,16-17,24,26-27,29-30H,10-12,15,18-23H2,1-9H3,(H,38,45)(H,39,42)(H2,40,41,44)/t26-,27-,29-,30-,37+/m1/s1. The first-order valence-corrected chi connectivity index (χ1v) is 17.7. The van der Waals surface area contributed by atoms with Crippen LogP contribution in [0.5, 0.6) is 5.75 Å². The van der Waals surface area contributed by atoms with E-state index in [1.165, 1.54) is 0 Å². The van der Waals surface area contributed by atoms with Gasteiger partial charge in [-0.25, -0.2) is 14.4 Å². The van der Waals surface area contributed by atoms with Gasteiger partial charge in [0.15, 0.2) is 0 Å². The number of hydrogen-bond donors (Lipinski definition) is 4. The Hall–Kier alpha value is -3.54. The Bertz CT molecular complexity index is 1260. The van der Waals surface area contributed by atoms with Crippen molar-refractivity contribution in [2.75, 3.05) is 19.8 Å². The number of carbonyl (C=O) groups is 4. The Morgan fingerprint density at radius 2 is 1.57 bits per heavy atom. The number of nitrogens with one attached hydrogen (secondary N) is 4. The molecule has 1 aromatic carbocycles. The summed E-state index contributed by atoms with van der Waals surface area (Å²) in [6.45, 7) is 17.9. The van der Waals surface area contributed by atoms with Crippen molar-refractivity contribution in [1.82, 2.24) is 21.3 Å². The van der Waals surface area contributed by atoms with Gasteiger partial charge >= 0.3 is 18.1 Å². The van der Waals surface area contributed by atoms with E-state index in [0.29, 0.717) is 32.7 Å². The Kier molecular flexibility index (Phi) is 14.2. The third-order valence-electron chi connectivity index (χ3n) is 8.56. The Morgan fingerprint density at radius 1 is 0.918 bits per heavy atom. The van der Waals surface area contributed by atoms with E-state index in [9.17, 15) is 19.2 Å². The maximum atomic E-state index is 13.8. The van der Waals surface area contributed by atoms with Gasteiger partial charge in [-0.15, -0.1) is 0 Å². The Labute approximate surface area is 292 Å². The zero-order chi connectivity index (χ0) is 36.4. The summed E-state index contributed by atoms with van der Waals surface area (Å²) in [5.41, 5.74) is -1.98. The molecule has 5 atom stereocenters. The van der Waals surface area contributed by atoms with Crippen molar-refractivity contribution in [3.63, 3.8) is 0 Å². The molecule has 0 radical (unpaired) electrons. The molecule has 2 bridgehead atoms. The van der Waals surface area contributed by atoms with Gasteiger partial charge < -0.3 is 40.2 Å². The lowest BCUT2D eigenvalue weighted by Gasteiger charge is -2.34. The highest BCUT2D eigenvalue weighted by molar-refractivity contribution is 5.91. The van der Waals surface area contributed by atoms with Crippen LogP contribution in [0.1, 0.15) is 106 Å². The number of ether oxygens (including phenoxy) is 4. The molecule has 2 aliphatic heterocycles. The van der Waals surface area contributed by atoms with E-state index in [4.69, 9.17) is 18.9 Å².